The summed E-state index contributed by atoms with van der Waals surface area (Å²) in [6.07, 6.45) is 8.30. The molecule has 1 N–H and O–H groups in total. The van der Waals surface area contributed by atoms with E-state index in [0.717, 1.165) is 82.9 Å². The van der Waals surface area contributed by atoms with Crippen LogP contribution in [-0.2, 0) is 29.5 Å². The largest absolute Gasteiger partial charge is 0.453 e. The van der Waals surface area contributed by atoms with E-state index in [4.69, 9.17) is 9.47 Å². The topological polar surface area (TPSA) is 112 Å². The summed E-state index contributed by atoms with van der Waals surface area (Å²) in [5.41, 5.74) is 0.462. The fourth-order valence-corrected chi connectivity index (χ4v) is 12.4. The SMILES string of the molecule is C=CC(=O)N1CCCC[C@@H](S(=O)(=O)c2ccc(N3CC(CN4CCC(C(CN5CCC5)(c5cccc(F)c5)[C@H]5CCC[C@@H]5NC(=O)OC)CC4)(OC)C3)c(F)c2)C1. The van der Waals surface area contributed by atoms with E-state index in [0.29, 0.717) is 51.1 Å². The zero-order chi connectivity index (χ0) is 40.4. The van der Waals surface area contributed by atoms with Crippen LogP contribution in [0.2, 0.25) is 0 Å². The van der Waals surface area contributed by atoms with Crippen LogP contribution in [0.5, 0.6) is 0 Å². The van der Waals surface area contributed by atoms with Gasteiger partial charge in [-0.3, -0.25) is 4.79 Å². The first-order chi connectivity index (χ1) is 27.4. The Labute approximate surface area is 336 Å². The Kier molecular flexibility index (Phi) is 12.6. The van der Waals surface area contributed by atoms with Gasteiger partial charge in [0.05, 0.1) is 36.0 Å². The van der Waals surface area contributed by atoms with E-state index in [9.17, 15) is 18.0 Å². The molecule has 312 valence electrons. The van der Waals surface area contributed by atoms with Crippen molar-refractivity contribution in [2.24, 2.45) is 11.8 Å². The second kappa shape index (κ2) is 17.3. The minimum Gasteiger partial charge on any atom is -0.453 e. The van der Waals surface area contributed by atoms with E-state index in [2.05, 4.69) is 27.8 Å². The maximum absolute atomic E-state index is 15.8. The molecule has 2 aromatic carbocycles. The molecule has 4 aliphatic heterocycles. The van der Waals surface area contributed by atoms with Crippen molar-refractivity contribution in [3.8, 4) is 0 Å². The summed E-state index contributed by atoms with van der Waals surface area (Å²) < 4.78 is 69.4. The number of carbonyl (C=O) groups is 2. The van der Waals surface area contributed by atoms with E-state index < -0.39 is 32.6 Å². The Morgan fingerprint density at radius 2 is 1.70 bits per heavy atom. The maximum atomic E-state index is 15.8. The van der Waals surface area contributed by atoms with Crippen LogP contribution in [0.25, 0.3) is 0 Å². The molecule has 1 saturated carbocycles. The molecule has 7 rings (SSSR count). The molecule has 57 heavy (non-hydrogen) atoms. The number of alkyl carbamates (subject to hydrolysis) is 1. The van der Waals surface area contributed by atoms with Crippen LogP contribution in [0.15, 0.2) is 60.0 Å². The molecule has 1 unspecified atom stereocenters. The third kappa shape index (κ3) is 8.47. The monoisotopic (exact) mass is 811 g/mol. The van der Waals surface area contributed by atoms with Crippen LogP contribution in [0.4, 0.5) is 19.3 Å². The molecule has 0 radical (unpaired) electrons. The zero-order valence-electron chi connectivity index (χ0n) is 33.5. The molecule has 4 heterocycles. The Bertz CT molecular complexity index is 1880. The smallest absolute Gasteiger partial charge is 0.407 e. The summed E-state index contributed by atoms with van der Waals surface area (Å²) >= 11 is 0. The summed E-state index contributed by atoms with van der Waals surface area (Å²) in [5.74, 6) is -0.762. The first-order valence-corrected chi connectivity index (χ1v) is 22.3. The van der Waals surface area contributed by atoms with E-state index in [-0.39, 0.29) is 46.5 Å². The van der Waals surface area contributed by atoms with E-state index in [1.165, 1.54) is 30.2 Å². The molecule has 0 spiro atoms. The molecule has 2 aromatic rings. The van der Waals surface area contributed by atoms with Crippen molar-refractivity contribution in [2.75, 3.05) is 84.6 Å². The Morgan fingerprint density at radius 1 is 0.930 bits per heavy atom. The fourth-order valence-electron chi connectivity index (χ4n) is 10.7. The van der Waals surface area contributed by atoms with Gasteiger partial charge in [0.15, 0.2) is 9.84 Å². The number of amides is 2. The van der Waals surface area contributed by atoms with Gasteiger partial charge in [-0.2, -0.15) is 0 Å². The number of rotatable bonds is 13. The van der Waals surface area contributed by atoms with Crippen molar-refractivity contribution in [2.45, 2.75) is 85.0 Å². The highest BCUT2D eigenvalue weighted by atomic mass is 32.2. The Morgan fingerprint density at radius 3 is 2.35 bits per heavy atom. The number of methoxy groups -OCH3 is 2. The molecule has 11 nitrogen and oxygen atoms in total. The number of hydrogen-bond acceptors (Lipinski definition) is 9. The number of ether oxygens (including phenoxy) is 2. The summed E-state index contributed by atoms with van der Waals surface area (Å²) in [7, 11) is -0.791. The third-order valence-electron chi connectivity index (χ3n) is 13.8. The molecule has 14 heteroatoms. The number of nitrogens with zero attached hydrogens (tertiary/aromatic N) is 4. The fraction of sp³-hybridized carbons (Fsp3) is 0.628. The standard InChI is InChI=1S/C43H59F2N5O6S/c1-4-40(51)49-21-6-5-12-35(26-49)57(53,54)34-15-16-39(37(45)25-34)50-28-42(29-50,56-3)27-48-22-17-31(18-23-48)43(30-47-19-9-20-47,32-10-7-11-33(44)24-32)36-13-8-14-38(36)46-41(52)55-2/h4,7,10-11,15-16,24-25,31,35-36,38H,1,5-6,8-9,12-14,17-23,26-30H2,2-3H3,(H,46,52)/t35-,36+,38+,43?/m1/s1. The molecule has 5 aliphatic rings. The van der Waals surface area contributed by atoms with Gasteiger partial charge in [0.2, 0.25) is 5.91 Å². The zero-order valence-corrected chi connectivity index (χ0v) is 34.3. The summed E-state index contributed by atoms with van der Waals surface area (Å²) in [6, 6.07) is 11.2. The number of likely N-dealkylation sites (tertiary alicyclic amines) is 3. The highest BCUT2D eigenvalue weighted by Crippen LogP contribution is 2.52. The van der Waals surface area contributed by atoms with Crippen molar-refractivity contribution in [3.05, 3.63) is 72.3 Å². The quantitative estimate of drug-likeness (QED) is 0.267. The van der Waals surface area contributed by atoms with Crippen molar-refractivity contribution < 1.29 is 36.3 Å². The van der Waals surface area contributed by atoms with Crippen LogP contribution in [0.1, 0.15) is 63.4 Å². The van der Waals surface area contributed by atoms with Crippen LogP contribution in [0, 0.1) is 23.5 Å². The number of nitrogens with one attached hydrogen (secondary N) is 1. The Balaban J connectivity index is 1.03. The van der Waals surface area contributed by atoms with Crippen LogP contribution in [0.3, 0.4) is 0 Å². The lowest BCUT2D eigenvalue weighted by Gasteiger charge is -2.55. The first kappa shape index (κ1) is 41.6. The van der Waals surface area contributed by atoms with Gasteiger partial charge < -0.3 is 34.4 Å². The number of benzene rings is 2. The van der Waals surface area contributed by atoms with Gasteiger partial charge in [0.1, 0.15) is 17.2 Å². The van der Waals surface area contributed by atoms with Gasteiger partial charge in [-0.1, -0.05) is 31.6 Å². The van der Waals surface area contributed by atoms with E-state index >= 15 is 8.78 Å². The van der Waals surface area contributed by atoms with Gasteiger partial charge in [0, 0.05) is 44.7 Å². The van der Waals surface area contributed by atoms with E-state index in [1.54, 1.807) is 19.2 Å². The molecule has 2 amide bonds. The number of sulfone groups is 1. The summed E-state index contributed by atoms with van der Waals surface area (Å²) in [5, 5.41) is 2.35. The highest BCUT2D eigenvalue weighted by Gasteiger charge is 2.54. The predicted molar refractivity (Wildman–Crippen MR) is 215 cm³/mol. The second-order valence-corrected chi connectivity index (χ2v) is 19.2. The van der Waals surface area contributed by atoms with Gasteiger partial charge in [0.25, 0.3) is 0 Å². The third-order valence-corrected chi connectivity index (χ3v) is 16.0. The molecular weight excluding hydrogens is 753 g/mol. The van der Waals surface area contributed by atoms with Crippen molar-refractivity contribution in [3.63, 3.8) is 0 Å². The minimum absolute atomic E-state index is 0.0637. The van der Waals surface area contributed by atoms with Crippen molar-refractivity contribution >= 4 is 27.5 Å². The second-order valence-electron chi connectivity index (χ2n) is 17.0. The van der Waals surface area contributed by atoms with Crippen LogP contribution >= 0.6 is 0 Å². The highest BCUT2D eigenvalue weighted by molar-refractivity contribution is 7.92. The number of piperidine rings is 1. The van der Waals surface area contributed by atoms with Gasteiger partial charge >= 0.3 is 6.09 Å². The number of anilines is 1. The van der Waals surface area contributed by atoms with Gasteiger partial charge in [-0.05, 0) is 125 Å². The molecular formula is C43H59F2N5O6S. The molecule has 0 aromatic heterocycles. The van der Waals surface area contributed by atoms with Crippen molar-refractivity contribution in [1.82, 2.24) is 20.0 Å². The molecule has 1 aliphatic carbocycles. The maximum Gasteiger partial charge on any atom is 0.407 e. The number of carbonyl (C=O) groups excluding carboxylic acids is 2. The predicted octanol–water partition coefficient (Wildman–Crippen LogP) is 5.39. The molecule has 4 saturated heterocycles. The van der Waals surface area contributed by atoms with Crippen molar-refractivity contribution in [1.29, 1.82) is 0 Å². The average Bonchev–Trinajstić information content (AvgIpc) is 3.48. The number of hydrogen-bond donors (Lipinski definition) is 1. The van der Waals surface area contributed by atoms with E-state index in [1.807, 2.05) is 11.0 Å². The molecule has 4 atom stereocenters. The molecule has 5 fully saturated rings. The Hall–Kier alpha value is -3.59. The normalized spacial score (nSPS) is 25.8. The lowest BCUT2D eigenvalue weighted by atomic mass is 9.57. The van der Waals surface area contributed by atoms with Gasteiger partial charge in [-0.25, -0.2) is 22.0 Å². The number of halogens is 2. The average molecular weight is 812 g/mol. The van der Waals surface area contributed by atoms with Crippen LogP contribution in [-0.4, -0.2) is 132 Å². The molecule has 0 bridgehead atoms. The first-order valence-electron chi connectivity index (χ1n) is 20.7. The lowest BCUT2D eigenvalue weighted by Crippen LogP contribution is -2.68. The summed E-state index contributed by atoms with van der Waals surface area (Å²) in [4.78, 5) is 33.1. The van der Waals surface area contributed by atoms with Gasteiger partial charge in [-0.15, -0.1) is 0 Å². The summed E-state index contributed by atoms with van der Waals surface area (Å²) in [6.45, 7) is 10.2. The van der Waals surface area contributed by atoms with Crippen LogP contribution < -0.4 is 10.2 Å². The lowest BCUT2D eigenvalue weighted by molar-refractivity contribution is -0.125. The minimum atomic E-state index is -3.88.